The van der Waals surface area contributed by atoms with Crippen molar-refractivity contribution in [2.24, 2.45) is 10.7 Å². The molecule has 1 aliphatic heterocycles. The first-order chi connectivity index (χ1) is 12.5. The Morgan fingerprint density at radius 3 is 2.25 bits per heavy atom. The maximum atomic E-state index is 12.1. The van der Waals surface area contributed by atoms with Crippen molar-refractivity contribution < 1.29 is 9.53 Å². The molecular weight excluding hydrogens is 489 g/mol. The standard InChI is InChI=1S/C19H33N5O2S.HI/c1-18(2,3)14-13-27-15(22-14)7-8-21-16(20)23-9-11-24(12-10-23)17(25)26-19(4,5)6;/h13H,7-12H2,1-6H3,(H2,20,21);1H. The van der Waals surface area contributed by atoms with Gasteiger partial charge in [-0.25, -0.2) is 9.78 Å². The third-order valence-corrected chi connectivity index (χ3v) is 5.08. The molecule has 0 aliphatic carbocycles. The summed E-state index contributed by atoms with van der Waals surface area (Å²) in [4.78, 5) is 25.0. The second kappa shape index (κ2) is 10.1. The van der Waals surface area contributed by atoms with Gasteiger partial charge in [-0.3, -0.25) is 4.99 Å². The Morgan fingerprint density at radius 2 is 1.75 bits per heavy atom. The molecule has 9 heteroatoms. The Labute approximate surface area is 189 Å². The van der Waals surface area contributed by atoms with Crippen LogP contribution >= 0.6 is 35.3 Å². The van der Waals surface area contributed by atoms with E-state index in [1.165, 1.54) is 0 Å². The van der Waals surface area contributed by atoms with Crippen molar-refractivity contribution >= 4 is 47.4 Å². The number of hydrogen-bond acceptors (Lipinski definition) is 5. The minimum absolute atomic E-state index is 0. The number of nitrogens with zero attached hydrogens (tertiary/aromatic N) is 4. The fraction of sp³-hybridized carbons (Fsp3) is 0.737. The van der Waals surface area contributed by atoms with Crippen molar-refractivity contribution in [2.75, 3.05) is 32.7 Å². The smallest absolute Gasteiger partial charge is 0.410 e. The first-order valence-corrected chi connectivity index (χ1v) is 10.3. The number of aromatic nitrogens is 1. The third kappa shape index (κ3) is 7.73. The number of carbonyl (C=O) groups is 1. The van der Waals surface area contributed by atoms with Crippen molar-refractivity contribution in [3.8, 4) is 0 Å². The Kier molecular flexibility index (Phi) is 8.98. The molecule has 2 N–H and O–H groups in total. The highest BCUT2D eigenvalue weighted by atomic mass is 127. The molecule has 0 aromatic carbocycles. The Balaban J connectivity index is 0.00000392. The molecule has 0 radical (unpaired) electrons. The number of ether oxygens (including phenoxy) is 1. The lowest BCUT2D eigenvalue weighted by Gasteiger charge is -2.36. The van der Waals surface area contributed by atoms with Gasteiger partial charge in [-0.05, 0) is 20.8 Å². The van der Waals surface area contributed by atoms with E-state index in [9.17, 15) is 4.79 Å². The monoisotopic (exact) mass is 523 g/mol. The average Bonchev–Trinajstić information content (AvgIpc) is 3.02. The molecule has 1 aromatic rings. The van der Waals surface area contributed by atoms with Crippen LogP contribution in [-0.4, -0.2) is 65.2 Å². The van der Waals surface area contributed by atoms with E-state index in [4.69, 9.17) is 10.5 Å². The zero-order valence-electron chi connectivity index (χ0n) is 17.8. The van der Waals surface area contributed by atoms with E-state index >= 15 is 0 Å². The summed E-state index contributed by atoms with van der Waals surface area (Å²) in [5.74, 6) is 0.534. The van der Waals surface area contributed by atoms with Crippen LogP contribution in [0.1, 0.15) is 52.2 Å². The SMILES string of the molecule is CC(C)(C)OC(=O)N1CCN(C(N)=NCCc2nc(C(C)(C)C)cs2)CC1.I. The maximum absolute atomic E-state index is 12.1. The molecule has 2 heterocycles. The van der Waals surface area contributed by atoms with Crippen LogP contribution < -0.4 is 5.73 Å². The summed E-state index contributed by atoms with van der Waals surface area (Å²) < 4.78 is 5.41. The molecule has 7 nitrogen and oxygen atoms in total. The maximum Gasteiger partial charge on any atom is 0.410 e. The second-order valence-electron chi connectivity index (χ2n) is 8.82. The predicted octanol–water partition coefficient (Wildman–Crippen LogP) is 3.47. The van der Waals surface area contributed by atoms with E-state index in [2.05, 4.69) is 36.1 Å². The van der Waals surface area contributed by atoms with Gasteiger partial charge in [0.25, 0.3) is 0 Å². The van der Waals surface area contributed by atoms with Crippen LogP contribution in [-0.2, 0) is 16.6 Å². The first-order valence-electron chi connectivity index (χ1n) is 9.43. The van der Waals surface area contributed by atoms with Gasteiger partial charge in [0.2, 0.25) is 0 Å². The molecule has 1 saturated heterocycles. The lowest BCUT2D eigenvalue weighted by atomic mass is 9.93. The largest absolute Gasteiger partial charge is 0.444 e. The van der Waals surface area contributed by atoms with Gasteiger partial charge in [0.05, 0.1) is 10.7 Å². The summed E-state index contributed by atoms with van der Waals surface area (Å²) in [6.07, 6.45) is 0.523. The molecule has 2 rings (SSSR count). The quantitative estimate of drug-likeness (QED) is 0.373. The summed E-state index contributed by atoms with van der Waals surface area (Å²) in [6, 6.07) is 0. The number of halogens is 1. The van der Waals surface area contributed by atoms with Crippen LogP contribution in [0.15, 0.2) is 10.4 Å². The van der Waals surface area contributed by atoms with Gasteiger partial charge in [-0.1, -0.05) is 20.8 Å². The van der Waals surface area contributed by atoms with E-state index in [0.717, 1.165) is 17.1 Å². The fourth-order valence-electron chi connectivity index (χ4n) is 2.58. The zero-order chi connectivity index (χ0) is 20.2. The van der Waals surface area contributed by atoms with Crippen LogP contribution in [0.5, 0.6) is 0 Å². The highest BCUT2D eigenvalue weighted by Gasteiger charge is 2.26. The van der Waals surface area contributed by atoms with Crippen molar-refractivity contribution in [3.63, 3.8) is 0 Å². The van der Waals surface area contributed by atoms with Crippen LogP contribution in [0.2, 0.25) is 0 Å². The number of guanidine groups is 1. The van der Waals surface area contributed by atoms with Gasteiger partial charge in [0.15, 0.2) is 5.96 Å². The third-order valence-electron chi connectivity index (χ3n) is 4.17. The number of aliphatic imine (C=N–C) groups is 1. The van der Waals surface area contributed by atoms with Gasteiger partial charge in [0.1, 0.15) is 5.60 Å². The van der Waals surface area contributed by atoms with Gasteiger partial charge in [-0.15, -0.1) is 35.3 Å². The summed E-state index contributed by atoms with van der Waals surface area (Å²) >= 11 is 1.68. The Hall–Kier alpha value is -1.10. The number of carbonyl (C=O) groups excluding carboxylic acids is 1. The minimum Gasteiger partial charge on any atom is -0.444 e. The molecule has 28 heavy (non-hydrogen) atoms. The topological polar surface area (TPSA) is 84.0 Å². The van der Waals surface area contributed by atoms with Crippen molar-refractivity contribution in [1.82, 2.24) is 14.8 Å². The predicted molar refractivity (Wildman–Crippen MR) is 126 cm³/mol. The molecule has 0 unspecified atom stereocenters. The van der Waals surface area contributed by atoms with Crippen molar-refractivity contribution in [3.05, 3.63) is 16.1 Å². The van der Waals surface area contributed by atoms with Crippen LogP contribution in [0.25, 0.3) is 0 Å². The van der Waals surface area contributed by atoms with Crippen molar-refractivity contribution in [1.29, 1.82) is 0 Å². The van der Waals surface area contributed by atoms with Crippen LogP contribution in [0, 0.1) is 0 Å². The fourth-order valence-corrected chi connectivity index (χ4v) is 3.60. The summed E-state index contributed by atoms with van der Waals surface area (Å²) in [5.41, 5.74) is 6.86. The molecule has 160 valence electrons. The highest BCUT2D eigenvalue weighted by molar-refractivity contribution is 14.0. The molecule has 0 saturated carbocycles. The number of amides is 1. The van der Waals surface area contributed by atoms with Crippen LogP contribution in [0.4, 0.5) is 4.79 Å². The van der Waals surface area contributed by atoms with E-state index < -0.39 is 5.60 Å². The lowest BCUT2D eigenvalue weighted by Crippen LogP contribution is -2.53. The van der Waals surface area contributed by atoms with Gasteiger partial charge in [0, 0.05) is 49.9 Å². The zero-order valence-corrected chi connectivity index (χ0v) is 21.0. The van der Waals surface area contributed by atoms with Gasteiger partial charge >= 0.3 is 6.09 Å². The number of rotatable bonds is 3. The van der Waals surface area contributed by atoms with Gasteiger partial charge < -0.3 is 20.3 Å². The molecular formula is C19H34IN5O2S. The van der Waals surface area contributed by atoms with E-state index in [1.54, 1.807) is 16.2 Å². The summed E-state index contributed by atoms with van der Waals surface area (Å²) in [6.45, 7) is 15.3. The van der Waals surface area contributed by atoms with E-state index in [0.29, 0.717) is 38.7 Å². The lowest BCUT2D eigenvalue weighted by molar-refractivity contribution is 0.0186. The number of hydrogen-bond donors (Lipinski definition) is 1. The summed E-state index contributed by atoms with van der Waals surface area (Å²) in [5, 5.41) is 3.21. The molecule has 1 amide bonds. The van der Waals surface area contributed by atoms with E-state index in [1.807, 2.05) is 25.7 Å². The number of piperazine rings is 1. The second-order valence-corrected chi connectivity index (χ2v) is 9.76. The molecule has 0 bridgehead atoms. The Bertz CT molecular complexity index is 671. The molecule has 1 aromatic heterocycles. The van der Waals surface area contributed by atoms with Crippen LogP contribution in [0.3, 0.4) is 0 Å². The number of nitrogens with two attached hydrogens (primary N) is 1. The van der Waals surface area contributed by atoms with E-state index in [-0.39, 0.29) is 35.5 Å². The van der Waals surface area contributed by atoms with Gasteiger partial charge in [-0.2, -0.15) is 0 Å². The molecule has 0 atom stereocenters. The molecule has 0 spiro atoms. The summed E-state index contributed by atoms with van der Waals surface area (Å²) in [7, 11) is 0. The highest BCUT2D eigenvalue weighted by Crippen LogP contribution is 2.24. The molecule has 1 aliphatic rings. The first kappa shape index (κ1) is 24.9. The van der Waals surface area contributed by atoms with Crippen molar-refractivity contribution in [2.45, 2.75) is 59.0 Å². The normalized spacial score (nSPS) is 16.0. The minimum atomic E-state index is -0.475. The molecule has 1 fully saturated rings. The number of thiazole rings is 1. The average molecular weight is 523 g/mol. The Morgan fingerprint density at radius 1 is 1.18 bits per heavy atom.